The first-order valence-electron chi connectivity index (χ1n) is 13.5. The summed E-state index contributed by atoms with van der Waals surface area (Å²) in [5, 5.41) is 12.9. The Morgan fingerprint density at radius 3 is 2.35 bits per heavy atom. The molecule has 4 nitrogen and oxygen atoms in total. The van der Waals surface area contributed by atoms with Gasteiger partial charge in [-0.05, 0) is 86.0 Å². The molecule has 1 N–H and O–H groups in total. The summed E-state index contributed by atoms with van der Waals surface area (Å²) < 4.78 is 0. The number of anilines is 1. The summed E-state index contributed by atoms with van der Waals surface area (Å²) in [4.78, 5) is 5.21. The summed E-state index contributed by atoms with van der Waals surface area (Å²) in [6.07, 6.45) is 8.37. The number of nitrogens with zero attached hydrogens (tertiary/aromatic N) is 3. The van der Waals surface area contributed by atoms with Crippen molar-refractivity contribution in [1.29, 1.82) is 5.26 Å². The molecule has 0 amide bonds. The summed E-state index contributed by atoms with van der Waals surface area (Å²) in [7, 11) is 0. The molecule has 2 aromatic rings. The van der Waals surface area contributed by atoms with Gasteiger partial charge < -0.3 is 15.1 Å². The van der Waals surface area contributed by atoms with Gasteiger partial charge in [0.2, 0.25) is 0 Å². The van der Waals surface area contributed by atoms with Gasteiger partial charge in [0.05, 0.1) is 11.6 Å². The van der Waals surface area contributed by atoms with Gasteiger partial charge in [-0.1, -0.05) is 37.1 Å². The van der Waals surface area contributed by atoms with E-state index >= 15 is 0 Å². The average Bonchev–Trinajstić information content (AvgIpc) is 3.42. The van der Waals surface area contributed by atoms with Crippen molar-refractivity contribution in [3.05, 3.63) is 65.2 Å². The lowest BCUT2D eigenvalue weighted by molar-refractivity contribution is 0.0705. The van der Waals surface area contributed by atoms with Crippen molar-refractivity contribution in [2.45, 2.75) is 50.5 Å². The fourth-order valence-electron chi connectivity index (χ4n) is 7.77. The molecule has 34 heavy (non-hydrogen) atoms. The second-order valence-corrected chi connectivity index (χ2v) is 11.3. The SMILES string of the molecule is N#Cc1ccc(N2CC(CN3CCC(C4(C5CCCC5)CNCc5ccccc54)CC3)C2)cc1. The van der Waals surface area contributed by atoms with Gasteiger partial charge in [-0.3, -0.25) is 0 Å². The quantitative estimate of drug-likeness (QED) is 0.695. The molecule has 1 saturated carbocycles. The molecule has 3 aliphatic heterocycles. The summed E-state index contributed by atoms with van der Waals surface area (Å²) >= 11 is 0. The van der Waals surface area contributed by atoms with Gasteiger partial charge in [-0.2, -0.15) is 5.26 Å². The minimum absolute atomic E-state index is 0.348. The van der Waals surface area contributed by atoms with E-state index in [-0.39, 0.29) is 0 Å². The molecule has 3 heterocycles. The minimum Gasteiger partial charge on any atom is -0.371 e. The van der Waals surface area contributed by atoms with Crippen molar-refractivity contribution >= 4 is 5.69 Å². The van der Waals surface area contributed by atoms with Crippen molar-refractivity contribution in [3.8, 4) is 6.07 Å². The molecule has 4 aliphatic rings. The summed E-state index contributed by atoms with van der Waals surface area (Å²) in [6.45, 7) is 8.28. The van der Waals surface area contributed by atoms with Gasteiger partial charge in [0, 0.05) is 49.7 Å². The van der Waals surface area contributed by atoms with Crippen LogP contribution in [-0.2, 0) is 12.0 Å². The van der Waals surface area contributed by atoms with Gasteiger partial charge in [0.1, 0.15) is 0 Å². The van der Waals surface area contributed by atoms with E-state index in [1.807, 2.05) is 12.1 Å². The smallest absolute Gasteiger partial charge is 0.0991 e. The van der Waals surface area contributed by atoms with E-state index in [9.17, 15) is 0 Å². The summed E-state index contributed by atoms with van der Waals surface area (Å²) in [6, 6.07) is 19.7. The molecule has 1 aliphatic carbocycles. The Kier molecular flexibility index (Phi) is 6.09. The predicted molar refractivity (Wildman–Crippen MR) is 138 cm³/mol. The Hall–Kier alpha value is -2.35. The molecular weight excluding hydrogens is 416 g/mol. The summed E-state index contributed by atoms with van der Waals surface area (Å²) in [5.74, 6) is 2.43. The van der Waals surface area contributed by atoms with Crippen molar-refractivity contribution in [3.63, 3.8) is 0 Å². The maximum absolute atomic E-state index is 9.02. The Labute approximate surface area is 204 Å². The first-order valence-corrected chi connectivity index (χ1v) is 13.5. The molecule has 0 spiro atoms. The topological polar surface area (TPSA) is 42.3 Å². The number of fused-ring (bicyclic) bond motifs is 1. The molecule has 6 rings (SSSR count). The number of hydrogen-bond donors (Lipinski definition) is 1. The van der Waals surface area contributed by atoms with Crippen molar-refractivity contribution in [1.82, 2.24) is 10.2 Å². The molecule has 1 atom stereocenters. The lowest BCUT2D eigenvalue weighted by Gasteiger charge is -2.52. The zero-order valence-corrected chi connectivity index (χ0v) is 20.4. The number of benzene rings is 2. The van der Waals surface area contributed by atoms with E-state index in [1.54, 1.807) is 11.1 Å². The third-order valence-corrected chi connectivity index (χ3v) is 9.49. The predicted octanol–water partition coefficient (Wildman–Crippen LogP) is 4.94. The highest BCUT2D eigenvalue weighted by molar-refractivity contribution is 5.51. The lowest BCUT2D eigenvalue weighted by atomic mass is 9.57. The fraction of sp³-hybridized carbons (Fsp3) is 0.567. The normalized spacial score (nSPS) is 26.7. The number of rotatable bonds is 5. The molecule has 0 bridgehead atoms. The van der Waals surface area contributed by atoms with Crippen LogP contribution in [0.5, 0.6) is 0 Å². The van der Waals surface area contributed by atoms with Crippen molar-refractivity contribution in [2.24, 2.45) is 17.8 Å². The van der Waals surface area contributed by atoms with Gasteiger partial charge in [-0.25, -0.2) is 0 Å². The van der Waals surface area contributed by atoms with Crippen LogP contribution in [0.2, 0.25) is 0 Å². The summed E-state index contributed by atoms with van der Waals surface area (Å²) in [5.41, 5.74) is 5.60. The Morgan fingerprint density at radius 1 is 0.912 bits per heavy atom. The van der Waals surface area contributed by atoms with Crippen LogP contribution >= 0.6 is 0 Å². The van der Waals surface area contributed by atoms with Crippen LogP contribution in [0.1, 0.15) is 55.2 Å². The van der Waals surface area contributed by atoms with Gasteiger partial charge in [0.25, 0.3) is 0 Å². The largest absolute Gasteiger partial charge is 0.371 e. The van der Waals surface area contributed by atoms with Crippen LogP contribution in [-0.4, -0.2) is 44.2 Å². The molecule has 178 valence electrons. The minimum atomic E-state index is 0.348. The zero-order chi connectivity index (χ0) is 23.0. The maximum Gasteiger partial charge on any atom is 0.0991 e. The van der Waals surface area contributed by atoms with Crippen LogP contribution in [0.3, 0.4) is 0 Å². The highest BCUT2D eigenvalue weighted by Gasteiger charge is 2.50. The van der Waals surface area contributed by atoms with E-state index in [1.165, 1.54) is 70.4 Å². The number of piperidine rings is 1. The molecular formula is C30H38N4. The van der Waals surface area contributed by atoms with E-state index in [2.05, 4.69) is 57.6 Å². The van der Waals surface area contributed by atoms with Crippen molar-refractivity contribution in [2.75, 3.05) is 44.2 Å². The maximum atomic E-state index is 9.02. The highest BCUT2D eigenvalue weighted by Crippen LogP contribution is 2.52. The van der Waals surface area contributed by atoms with E-state index in [4.69, 9.17) is 5.26 Å². The Bertz CT molecular complexity index is 1020. The van der Waals surface area contributed by atoms with Crippen LogP contribution in [0, 0.1) is 29.1 Å². The molecule has 2 saturated heterocycles. The Balaban J connectivity index is 1.09. The van der Waals surface area contributed by atoms with E-state index < -0.39 is 0 Å². The molecule has 3 fully saturated rings. The van der Waals surface area contributed by atoms with E-state index in [0.717, 1.165) is 43.0 Å². The molecule has 0 radical (unpaired) electrons. The number of nitriles is 1. The Morgan fingerprint density at radius 2 is 1.62 bits per heavy atom. The third kappa shape index (κ3) is 3.93. The van der Waals surface area contributed by atoms with Crippen molar-refractivity contribution < 1.29 is 0 Å². The second kappa shape index (κ2) is 9.36. The fourth-order valence-corrected chi connectivity index (χ4v) is 7.77. The van der Waals surface area contributed by atoms with Gasteiger partial charge in [0.15, 0.2) is 0 Å². The van der Waals surface area contributed by atoms with Crippen LogP contribution in [0.4, 0.5) is 5.69 Å². The monoisotopic (exact) mass is 454 g/mol. The highest BCUT2D eigenvalue weighted by atomic mass is 15.2. The molecule has 2 aromatic carbocycles. The van der Waals surface area contributed by atoms with Gasteiger partial charge >= 0.3 is 0 Å². The number of likely N-dealkylation sites (tertiary alicyclic amines) is 1. The van der Waals surface area contributed by atoms with Gasteiger partial charge in [-0.15, -0.1) is 0 Å². The first kappa shape index (κ1) is 22.1. The zero-order valence-electron chi connectivity index (χ0n) is 20.4. The van der Waals surface area contributed by atoms with E-state index in [0.29, 0.717) is 5.41 Å². The second-order valence-electron chi connectivity index (χ2n) is 11.3. The molecule has 4 heteroatoms. The third-order valence-electron chi connectivity index (χ3n) is 9.49. The average molecular weight is 455 g/mol. The first-order chi connectivity index (χ1) is 16.8. The van der Waals surface area contributed by atoms with Crippen LogP contribution < -0.4 is 10.2 Å². The van der Waals surface area contributed by atoms with Crippen LogP contribution in [0.15, 0.2) is 48.5 Å². The lowest BCUT2D eigenvalue weighted by Crippen LogP contribution is -2.56. The molecule has 1 unspecified atom stereocenters. The standard InChI is InChI=1S/C30H38N4/c31-17-23-9-11-28(12-10-23)34-20-24(21-34)19-33-15-13-27(14-16-33)30(26-6-2-3-7-26)22-32-18-25-5-1-4-8-29(25)30/h1,4-5,8-12,24,26-27,32H,2-3,6-7,13-16,18-22H2. The molecule has 0 aromatic heterocycles. The van der Waals surface area contributed by atoms with Crippen LogP contribution in [0.25, 0.3) is 0 Å². The number of hydrogen-bond acceptors (Lipinski definition) is 4. The number of nitrogens with one attached hydrogen (secondary N) is 1.